The fourth-order valence-electron chi connectivity index (χ4n) is 4.12. The molecular weight excluding hydrogens is 450 g/mol. The first-order valence-corrected chi connectivity index (χ1v) is 12.3. The summed E-state index contributed by atoms with van der Waals surface area (Å²) in [5.41, 5.74) is 3.11. The van der Waals surface area contributed by atoms with Crippen molar-refractivity contribution in [1.29, 1.82) is 0 Å². The van der Waals surface area contributed by atoms with E-state index >= 15 is 0 Å². The molecule has 34 heavy (non-hydrogen) atoms. The normalized spacial score (nSPS) is 14.8. The number of hydrogen-bond donors (Lipinski definition) is 1. The second-order valence-corrected chi connectivity index (χ2v) is 10.6. The maximum atomic E-state index is 12.7. The zero-order chi connectivity index (χ0) is 24.5. The molecule has 0 bridgehead atoms. The van der Waals surface area contributed by atoms with E-state index in [0.717, 1.165) is 28.6 Å². The molecule has 7 nitrogen and oxygen atoms in total. The van der Waals surface area contributed by atoms with Crippen LogP contribution in [0.2, 0.25) is 0 Å². The molecule has 0 saturated carbocycles. The number of carbonyl (C=O) groups excluding carboxylic acids is 2. The molecule has 3 aromatic rings. The molecule has 0 aliphatic carbocycles. The predicted molar refractivity (Wildman–Crippen MR) is 135 cm³/mol. The van der Waals surface area contributed by atoms with E-state index in [2.05, 4.69) is 16.4 Å². The maximum absolute atomic E-state index is 12.7. The van der Waals surface area contributed by atoms with Gasteiger partial charge < -0.3 is 14.4 Å². The highest BCUT2D eigenvalue weighted by atomic mass is 32.1. The average molecular weight is 482 g/mol. The summed E-state index contributed by atoms with van der Waals surface area (Å²) >= 11 is 1.46. The lowest BCUT2D eigenvalue weighted by Gasteiger charge is -2.33. The molecule has 1 aliphatic heterocycles. The van der Waals surface area contributed by atoms with E-state index in [4.69, 9.17) is 9.47 Å². The Labute approximate surface area is 204 Å². The van der Waals surface area contributed by atoms with Gasteiger partial charge in [0.15, 0.2) is 5.13 Å². The molecule has 1 aliphatic rings. The number of fused-ring (bicyclic) bond motifs is 1. The van der Waals surface area contributed by atoms with E-state index in [1.165, 1.54) is 16.9 Å². The molecular formula is C26H31N3O4S. The number of aromatic nitrogens is 1. The number of nitrogens with one attached hydrogen (secondary N) is 1. The number of likely N-dealkylation sites (tertiary alicyclic amines) is 1. The van der Waals surface area contributed by atoms with Crippen LogP contribution in [0, 0.1) is 6.92 Å². The minimum absolute atomic E-state index is 0.190. The Bertz CT molecular complexity index is 1190. The van der Waals surface area contributed by atoms with Gasteiger partial charge in [0.1, 0.15) is 16.9 Å². The summed E-state index contributed by atoms with van der Waals surface area (Å²) in [6.45, 7) is 8.91. The van der Waals surface area contributed by atoms with Crippen LogP contribution in [0.3, 0.4) is 0 Å². The lowest BCUT2D eigenvalue weighted by Crippen LogP contribution is -2.41. The lowest BCUT2D eigenvalue weighted by atomic mass is 9.89. The summed E-state index contributed by atoms with van der Waals surface area (Å²) in [5, 5.41) is 3.48. The second-order valence-electron chi connectivity index (χ2n) is 9.62. The molecule has 0 radical (unpaired) electrons. The van der Waals surface area contributed by atoms with E-state index in [1.54, 1.807) is 12.0 Å². The van der Waals surface area contributed by atoms with Crippen molar-refractivity contribution in [3.63, 3.8) is 0 Å². The summed E-state index contributed by atoms with van der Waals surface area (Å²) in [6, 6.07) is 11.5. The molecule has 2 heterocycles. The van der Waals surface area contributed by atoms with Crippen molar-refractivity contribution < 1.29 is 19.1 Å². The quantitative estimate of drug-likeness (QED) is 0.496. The van der Waals surface area contributed by atoms with Crippen LogP contribution in [-0.2, 0) is 4.74 Å². The standard InChI is InChI=1S/C26H31N3O4S/c1-16-6-8-18(9-7-16)23(30)28-24-27-21-20(32-5)11-10-19(22(21)34-24)17-12-14-29(15-13-17)25(31)33-26(2,3)4/h6-11,17H,12-15H2,1-5H3,(H,27,28,30). The third kappa shape index (κ3) is 5.33. The SMILES string of the molecule is COc1ccc(C2CCN(C(=O)OC(C)(C)C)CC2)c2sc(NC(=O)c3ccc(C)cc3)nc12. The predicted octanol–water partition coefficient (Wildman–Crippen LogP) is 5.98. The van der Waals surface area contributed by atoms with E-state index in [0.29, 0.717) is 29.5 Å². The van der Waals surface area contributed by atoms with Crippen LogP contribution < -0.4 is 10.1 Å². The Balaban J connectivity index is 1.54. The van der Waals surface area contributed by atoms with E-state index in [-0.39, 0.29) is 17.9 Å². The van der Waals surface area contributed by atoms with Gasteiger partial charge in [-0.15, -0.1) is 0 Å². The van der Waals surface area contributed by atoms with Crippen molar-refractivity contribution in [2.45, 2.75) is 52.1 Å². The van der Waals surface area contributed by atoms with Gasteiger partial charge in [-0.25, -0.2) is 9.78 Å². The average Bonchev–Trinajstić information content (AvgIpc) is 3.21. The molecule has 1 aromatic heterocycles. The number of methoxy groups -OCH3 is 1. The van der Waals surface area contributed by atoms with Crippen molar-refractivity contribution in [3.05, 3.63) is 53.1 Å². The number of thiazole rings is 1. The van der Waals surface area contributed by atoms with E-state index in [9.17, 15) is 9.59 Å². The third-order valence-corrected chi connectivity index (χ3v) is 6.90. The fraction of sp³-hybridized carbons (Fsp3) is 0.423. The van der Waals surface area contributed by atoms with Crippen LogP contribution in [0.4, 0.5) is 9.93 Å². The summed E-state index contributed by atoms with van der Waals surface area (Å²) in [4.78, 5) is 31.6. The highest BCUT2D eigenvalue weighted by Gasteiger charge is 2.29. The van der Waals surface area contributed by atoms with Crippen molar-refractivity contribution in [2.24, 2.45) is 0 Å². The van der Waals surface area contributed by atoms with Gasteiger partial charge in [-0.3, -0.25) is 10.1 Å². The number of nitrogens with zero attached hydrogens (tertiary/aromatic N) is 2. The Kier molecular flexibility index (Phi) is 6.79. The van der Waals surface area contributed by atoms with Crippen LogP contribution in [0.5, 0.6) is 5.75 Å². The Morgan fingerprint density at radius 3 is 2.38 bits per heavy atom. The molecule has 1 saturated heterocycles. The summed E-state index contributed by atoms with van der Waals surface area (Å²) < 4.78 is 12.1. The van der Waals surface area contributed by atoms with Gasteiger partial charge in [-0.1, -0.05) is 35.1 Å². The molecule has 4 rings (SSSR count). The van der Waals surface area contributed by atoms with Crippen LogP contribution in [-0.4, -0.2) is 47.7 Å². The van der Waals surface area contributed by atoms with E-state index in [1.807, 2.05) is 58.0 Å². The number of ether oxygens (including phenoxy) is 2. The maximum Gasteiger partial charge on any atom is 0.410 e. The molecule has 2 aromatic carbocycles. The molecule has 0 unspecified atom stereocenters. The summed E-state index contributed by atoms with van der Waals surface area (Å²) in [5.74, 6) is 0.774. The molecule has 1 N–H and O–H groups in total. The number of rotatable bonds is 4. The van der Waals surface area contributed by atoms with Crippen LogP contribution in [0.15, 0.2) is 36.4 Å². The van der Waals surface area contributed by atoms with Crippen molar-refractivity contribution in [3.8, 4) is 5.75 Å². The Morgan fingerprint density at radius 2 is 1.76 bits per heavy atom. The largest absolute Gasteiger partial charge is 0.494 e. The minimum Gasteiger partial charge on any atom is -0.494 e. The number of aryl methyl sites for hydroxylation is 1. The summed E-state index contributed by atoms with van der Waals surface area (Å²) in [6.07, 6.45) is 1.41. The lowest BCUT2D eigenvalue weighted by molar-refractivity contribution is 0.0205. The molecule has 0 atom stereocenters. The van der Waals surface area contributed by atoms with Crippen LogP contribution in [0.1, 0.15) is 61.0 Å². The van der Waals surface area contributed by atoms with Gasteiger partial charge in [0.05, 0.1) is 11.8 Å². The third-order valence-electron chi connectivity index (χ3n) is 5.88. The highest BCUT2D eigenvalue weighted by Crippen LogP contribution is 2.41. The van der Waals surface area contributed by atoms with Gasteiger partial charge in [0, 0.05) is 18.7 Å². The smallest absolute Gasteiger partial charge is 0.410 e. The zero-order valence-electron chi connectivity index (χ0n) is 20.3. The van der Waals surface area contributed by atoms with Crippen LogP contribution in [0.25, 0.3) is 10.2 Å². The van der Waals surface area contributed by atoms with Gasteiger partial charge >= 0.3 is 6.09 Å². The number of amides is 2. The van der Waals surface area contributed by atoms with Crippen molar-refractivity contribution in [1.82, 2.24) is 9.88 Å². The molecule has 2 amide bonds. The van der Waals surface area contributed by atoms with Gasteiger partial charge in [0.25, 0.3) is 5.91 Å². The first-order valence-electron chi connectivity index (χ1n) is 11.5. The minimum atomic E-state index is -0.502. The number of piperidine rings is 1. The van der Waals surface area contributed by atoms with E-state index < -0.39 is 5.60 Å². The first-order chi connectivity index (χ1) is 16.1. The van der Waals surface area contributed by atoms with Crippen molar-refractivity contribution in [2.75, 3.05) is 25.5 Å². The number of anilines is 1. The monoisotopic (exact) mass is 481 g/mol. The Hall–Kier alpha value is -3.13. The topological polar surface area (TPSA) is 80.8 Å². The second kappa shape index (κ2) is 9.62. The molecule has 8 heteroatoms. The summed E-state index contributed by atoms with van der Waals surface area (Å²) in [7, 11) is 1.62. The van der Waals surface area contributed by atoms with Gasteiger partial charge in [-0.05, 0) is 70.2 Å². The fourth-order valence-corrected chi connectivity index (χ4v) is 5.19. The first kappa shape index (κ1) is 24.0. The number of carbonyl (C=O) groups is 2. The highest BCUT2D eigenvalue weighted by molar-refractivity contribution is 7.22. The van der Waals surface area contributed by atoms with Gasteiger partial charge in [-0.2, -0.15) is 0 Å². The van der Waals surface area contributed by atoms with Crippen LogP contribution >= 0.6 is 11.3 Å². The van der Waals surface area contributed by atoms with Gasteiger partial charge in [0.2, 0.25) is 0 Å². The van der Waals surface area contributed by atoms with Crippen molar-refractivity contribution >= 4 is 38.7 Å². The molecule has 1 fully saturated rings. The molecule has 180 valence electrons. The number of benzene rings is 2. The zero-order valence-corrected chi connectivity index (χ0v) is 21.1. The molecule has 0 spiro atoms. The number of hydrogen-bond acceptors (Lipinski definition) is 6. The Morgan fingerprint density at radius 1 is 1.09 bits per heavy atom.